The number of carboxylic acid groups (broad SMARTS) is 1. The first-order valence-electron chi connectivity index (χ1n) is 8.34. The first-order valence-corrected chi connectivity index (χ1v) is 8.34. The number of hydrogen-bond acceptors (Lipinski definition) is 4. The molecule has 0 aromatic heterocycles. The van der Waals surface area contributed by atoms with E-state index in [4.69, 9.17) is 9.47 Å². The van der Waals surface area contributed by atoms with Crippen LogP contribution >= 0.6 is 0 Å². The van der Waals surface area contributed by atoms with Crippen LogP contribution in [0.4, 0.5) is 0 Å². The Bertz CT molecular complexity index is 574. The van der Waals surface area contributed by atoms with Gasteiger partial charge in [0.1, 0.15) is 6.04 Å². The van der Waals surface area contributed by atoms with Crippen molar-refractivity contribution < 1.29 is 19.4 Å². The molecule has 3 atom stereocenters. The summed E-state index contributed by atoms with van der Waals surface area (Å²) < 4.78 is 10.9. The van der Waals surface area contributed by atoms with Crippen LogP contribution in [0.5, 0.6) is 11.5 Å². The van der Waals surface area contributed by atoms with Gasteiger partial charge in [0.2, 0.25) is 0 Å². The Kier molecular flexibility index (Phi) is 4.76. The van der Waals surface area contributed by atoms with E-state index in [1.807, 2.05) is 18.2 Å². The van der Waals surface area contributed by atoms with Crippen molar-refractivity contribution in [1.82, 2.24) is 4.90 Å². The normalized spacial score (nSPS) is 27.5. The molecule has 1 aromatic carbocycles. The molecule has 0 spiro atoms. The van der Waals surface area contributed by atoms with Crippen LogP contribution in [0.15, 0.2) is 18.2 Å². The van der Waals surface area contributed by atoms with E-state index in [-0.39, 0.29) is 6.04 Å². The van der Waals surface area contributed by atoms with Crippen LogP contribution in [0.25, 0.3) is 0 Å². The number of ether oxygens (including phenoxy) is 2. The third kappa shape index (κ3) is 3.02. The van der Waals surface area contributed by atoms with Crippen molar-refractivity contribution in [3.05, 3.63) is 23.8 Å². The van der Waals surface area contributed by atoms with Gasteiger partial charge in [-0.05, 0) is 31.2 Å². The Balaban J connectivity index is 1.89. The van der Waals surface area contributed by atoms with Gasteiger partial charge in [0.25, 0.3) is 0 Å². The fourth-order valence-electron chi connectivity index (χ4n) is 4.30. The molecular formula is C18H25NO4. The number of methoxy groups -OCH3 is 2. The van der Waals surface area contributed by atoms with E-state index in [0.29, 0.717) is 30.0 Å². The highest BCUT2D eigenvalue weighted by Gasteiger charge is 2.45. The highest BCUT2D eigenvalue weighted by atomic mass is 16.5. The SMILES string of the molecule is COc1cccc(CN2C(C(=O)O)CC3CCCCC32)c1OC. The third-order valence-corrected chi connectivity index (χ3v) is 5.34. The minimum Gasteiger partial charge on any atom is -0.493 e. The highest BCUT2D eigenvalue weighted by molar-refractivity contribution is 5.74. The lowest BCUT2D eigenvalue weighted by atomic mass is 9.84. The molecule has 1 saturated heterocycles. The Labute approximate surface area is 137 Å². The molecule has 1 aliphatic heterocycles. The van der Waals surface area contributed by atoms with Gasteiger partial charge in [-0.2, -0.15) is 0 Å². The van der Waals surface area contributed by atoms with Gasteiger partial charge in [0.05, 0.1) is 14.2 Å². The van der Waals surface area contributed by atoms with Gasteiger partial charge in [0.15, 0.2) is 11.5 Å². The average molecular weight is 319 g/mol. The van der Waals surface area contributed by atoms with Crippen molar-refractivity contribution in [3.8, 4) is 11.5 Å². The molecule has 23 heavy (non-hydrogen) atoms. The van der Waals surface area contributed by atoms with E-state index in [2.05, 4.69) is 4.90 Å². The number of rotatable bonds is 5. The van der Waals surface area contributed by atoms with Crippen LogP contribution in [0, 0.1) is 5.92 Å². The van der Waals surface area contributed by atoms with Gasteiger partial charge < -0.3 is 14.6 Å². The summed E-state index contributed by atoms with van der Waals surface area (Å²) >= 11 is 0. The fraction of sp³-hybridized carbons (Fsp3) is 0.611. The quantitative estimate of drug-likeness (QED) is 0.904. The molecule has 0 amide bonds. The minimum absolute atomic E-state index is 0.376. The summed E-state index contributed by atoms with van der Waals surface area (Å²) in [5.41, 5.74) is 0.990. The molecule has 3 unspecified atom stereocenters. The molecule has 1 saturated carbocycles. The third-order valence-electron chi connectivity index (χ3n) is 5.34. The van der Waals surface area contributed by atoms with Gasteiger partial charge in [-0.1, -0.05) is 25.0 Å². The predicted molar refractivity (Wildman–Crippen MR) is 86.9 cm³/mol. The molecular weight excluding hydrogens is 294 g/mol. The number of carbonyl (C=O) groups is 1. The average Bonchev–Trinajstić information content (AvgIpc) is 2.93. The number of hydrogen-bond donors (Lipinski definition) is 1. The summed E-state index contributed by atoms with van der Waals surface area (Å²) in [7, 11) is 3.25. The second-order valence-corrected chi connectivity index (χ2v) is 6.53. The predicted octanol–water partition coefficient (Wildman–Crippen LogP) is 2.92. The first kappa shape index (κ1) is 16.1. The van der Waals surface area contributed by atoms with Crippen LogP contribution in [-0.4, -0.2) is 42.3 Å². The first-order chi connectivity index (χ1) is 11.2. The summed E-state index contributed by atoms with van der Waals surface area (Å²) in [6.45, 7) is 0.596. The smallest absolute Gasteiger partial charge is 0.320 e. The van der Waals surface area contributed by atoms with Crippen LogP contribution in [0.3, 0.4) is 0 Å². The number of carboxylic acids is 1. The molecule has 1 aromatic rings. The maximum Gasteiger partial charge on any atom is 0.320 e. The van der Waals surface area contributed by atoms with Crippen molar-refractivity contribution in [1.29, 1.82) is 0 Å². The Morgan fingerprint density at radius 2 is 2.04 bits per heavy atom. The van der Waals surface area contributed by atoms with Crippen LogP contribution < -0.4 is 9.47 Å². The minimum atomic E-state index is -0.707. The maximum atomic E-state index is 11.7. The van der Waals surface area contributed by atoms with Gasteiger partial charge >= 0.3 is 5.97 Å². The van der Waals surface area contributed by atoms with E-state index in [1.165, 1.54) is 12.8 Å². The van der Waals surface area contributed by atoms with Crippen molar-refractivity contribution in [2.75, 3.05) is 14.2 Å². The summed E-state index contributed by atoms with van der Waals surface area (Å²) in [4.78, 5) is 13.9. The molecule has 5 heteroatoms. The number of para-hydroxylation sites is 1. The zero-order valence-corrected chi connectivity index (χ0v) is 13.8. The van der Waals surface area contributed by atoms with E-state index in [0.717, 1.165) is 24.8 Å². The van der Waals surface area contributed by atoms with Gasteiger partial charge in [0, 0.05) is 18.2 Å². The molecule has 126 valence electrons. The van der Waals surface area contributed by atoms with Crippen LogP contribution in [0.2, 0.25) is 0 Å². The van der Waals surface area contributed by atoms with E-state index in [9.17, 15) is 9.90 Å². The lowest BCUT2D eigenvalue weighted by molar-refractivity contribution is -0.142. The number of aliphatic carboxylic acids is 1. The molecule has 1 heterocycles. The highest BCUT2D eigenvalue weighted by Crippen LogP contribution is 2.42. The lowest BCUT2D eigenvalue weighted by Crippen LogP contribution is -2.41. The van der Waals surface area contributed by atoms with Gasteiger partial charge in [-0.25, -0.2) is 0 Å². The molecule has 2 aliphatic rings. The van der Waals surface area contributed by atoms with Crippen molar-refractivity contribution >= 4 is 5.97 Å². The molecule has 1 aliphatic carbocycles. The number of fused-ring (bicyclic) bond motifs is 1. The molecule has 5 nitrogen and oxygen atoms in total. The summed E-state index contributed by atoms with van der Waals surface area (Å²) in [5.74, 6) is 1.21. The van der Waals surface area contributed by atoms with Gasteiger partial charge in [-0.15, -0.1) is 0 Å². The lowest BCUT2D eigenvalue weighted by Gasteiger charge is -2.33. The Morgan fingerprint density at radius 1 is 1.26 bits per heavy atom. The van der Waals surface area contributed by atoms with Crippen molar-refractivity contribution in [2.24, 2.45) is 5.92 Å². The largest absolute Gasteiger partial charge is 0.493 e. The summed E-state index contributed by atoms with van der Waals surface area (Å²) in [5, 5.41) is 9.64. The van der Waals surface area contributed by atoms with E-state index < -0.39 is 5.97 Å². The molecule has 3 rings (SSSR count). The van der Waals surface area contributed by atoms with Crippen molar-refractivity contribution in [2.45, 2.75) is 50.7 Å². The number of nitrogens with zero attached hydrogens (tertiary/aromatic N) is 1. The number of benzene rings is 1. The van der Waals surface area contributed by atoms with Crippen molar-refractivity contribution in [3.63, 3.8) is 0 Å². The van der Waals surface area contributed by atoms with E-state index >= 15 is 0 Å². The van der Waals surface area contributed by atoms with Crippen LogP contribution in [0.1, 0.15) is 37.7 Å². The monoisotopic (exact) mass is 319 g/mol. The molecule has 0 radical (unpaired) electrons. The molecule has 1 N–H and O–H groups in total. The number of likely N-dealkylation sites (tertiary alicyclic amines) is 1. The second kappa shape index (κ2) is 6.79. The zero-order chi connectivity index (χ0) is 16.4. The van der Waals surface area contributed by atoms with Gasteiger partial charge in [-0.3, -0.25) is 9.69 Å². The fourth-order valence-corrected chi connectivity index (χ4v) is 4.30. The summed E-state index contributed by atoms with van der Waals surface area (Å²) in [6.07, 6.45) is 5.44. The maximum absolute atomic E-state index is 11.7. The molecule has 2 fully saturated rings. The molecule has 0 bridgehead atoms. The Morgan fingerprint density at radius 3 is 2.74 bits per heavy atom. The van der Waals surface area contributed by atoms with Crippen LogP contribution in [-0.2, 0) is 11.3 Å². The topological polar surface area (TPSA) is 59.0 Å². The zero-order valence-electron chi connectivity index (χ0n) is 13.8. The second-order valence-electron chi connectivity index (χ2n) is 6.53. The summed E-state index contributed by atoms with van der Waals surface area (Å²) in [6, 6.07) is 5.78. The Hall–Kier alpha value is -1.75. The standard InChI is InChI=1S/C18H25NO4/c1-22-16-9-5-7-13(17(16)23-2)11-19-14-8-4-3-6-12(14)10-15(19)18(20)21/h5,7,9,12,14-15H,3-4,6,8,10-11H2,1-2H3,(H,20,21). The van der Waals surface area contributed by atoms with E-state index in [1.54, 1.807) is 14.2 Å².